The zero-order valence-electron chi connectivity index (χ0n) is 12.6. The van der Waals surface area contributed by atoms with Gasteiger partial charge in [-0.25, -0.2) is 0 Å². The molecule has 0 bridgehead atoms. The van der Waals surface area contributed by atoms with E-state index in [-0.39, 0.29) is 18.3 Å². The summed E-state index contributed by atoms with van der Waals surface area (Å²) in [6, 6.07) is 0.416. The van der Waals surface area contributed by atoms with Gasteiger partial charge in [0.15, 0.2) is 0 Å². The van der Waals surface area contributed by atoms with Crippen molar-refractivity contribution in [3.63, 3.8) is 0 Å². The predicted octanol–water partition coefficient (Wildman–Crippen LogP) is 0.959. The Labute approximate surface area is 132 Å². The molecule has 0 spiro atoms. The molecular formula is C14H26ClN5O. The fraction of sp³-hybridized carbons (Fsp3) is 0.714. The molecule has 21 heavy (non-hydrogen) atoms. The molecule has 7 heteroatoms. The molecule has 1 amide bonds. The summed E-state index contributed by atoms with van der Waals surface area (Å²) in [5, 5.41) is 10.0. The van der Waals surface area contributed by atoms with E-state index in [0.29, 0.717) is 19.0 Å². The molecule has 1 unspecified atom stereocenters. The zero-order chi connectivity index (χ0) is 14.4. The molecule has 0 radical (unpaired) electrons. The highest BCUT2D eigenvalue weighted by atomic mass is 35.5. The largest absolute Gasteiger partial charge is 0.354 e. The van der Waals surface area contributed by atoms with E-state index < -0.39 is 0 Å². The number of nitrogens with one attached hydrogen (secondary N) is 2. The van der Waals surface area contributed by atoms with Gasteiger partial charge in [-0.05, 0) is 26.3 Å². The third kappa shape index (κ3) is 5.30. The number of likely N-dealkylation sites (tertiary alicyclic amines) is 1. The third-order valence-corrected chi connectivity index (χ3v) is 3.96. The Morgan fingerprint density at radius 3 is 3.05 bits per heavy atom. The van der Waals surface area contributed by atoms with Crippen LogP contribution < -0.4 is 11.1 Å². The van der Waals surface area contributed by atoms with Crippen LogP contribution in [0.5, 0.6) is 0 Å². The molecule has 1 saturated heterocycles. The average Bonchev–Trinajstić information content (AvgIpc) is 2.84. The number of nitrogens with two attached hydrogens (primary N) is 1. The van der Waals surface area contributed by atoms with Gasteiger partial charge in [0.25, 0.3) is 0 Å². The van der Waals surface area contributed by atoms with Crippen LogP contribution in [0.4, 0.5) is 0 Å². The first kappa shape index (κ1) is 17.9. The molecule has 0 saturated carbocycles. The minimum absolute atomic E-state index is 0. The van der Waals surface area contributed by atoms with Crippen LogP contribution in [0, 0.1) is 6.92 Å². The normalized spacial score (nSPS) is 19.0. The highest BCUT2D eigenvalue weighted by Crippen LogP contribution is 2.19. The Hall–Kier alpha value is -1.11. The number of hydrogen-bond donors (Lipinski definition) is 3. The first-order chi connectivity index (χ1) is 9.70. The standard InChI is InChI=1S/C14H25N5O.ClH/c1-11-12(8-17-18-11)10-19-7-3-2-4-13(19)9-16-14(20)5-6-15;/h8,13H,2-7,9-10,15H2,1H3,(H,16,20)(H,17,18);1H. The maximum atomic E-state index is 11.5. The summed E-state index contributed by atoms with van der Waals surface area (Å²) in [4.78, 5) is 14.0. The van der Waals surface area contributed by atoms with E-state index in [0.717, 1.165) is 31.7 Å². The van der Waals surface area contributed by atoms with E-state index in [2.05, 4.69) is 20.4 Å². The molecule has 120 valence electrons. The van der Waals surface area contributed by atoms with Crippen molar-refractivity contribution in [1.82, 2.24) is 20.4 Å². The molecule has 4 N–H and O–H groups in total. The lowest BCUT2D eigenvalue weighted by Gasteiger charge is -2.35. The van der Waals surface area contributed by atoms with Crippen molar-refractivity contribution in [2.24, 2.45) is 5.73 Å². The molecule has 1 aromatic heterocycles. The van der Waals surface area contributed by atoms with Gasteiger partial charge in [0.2, 0.25) is 5.91 Å². The quantitative estimate of drug-likeness (QED) is 0.729. The lowest BCUT2D eigenvalue weighted by atomic mass is 10.0. The number of carbonyl (C=O) groups is 1. The van der Waals surface area contributed by atoms with Crippen molar-refractivity contribution in [3.05, 3.63) is 17.5 Å². The van der Waals surface area contributed by atoms with Crippen molar-refractivity contribution in [3.8, 4) is 0 Å². The molecule has 6 nitrogen and oxygen atoms in total. The number of H-pyrrole nitrogens is 1. The van der Waals surface area contributed by atoms with Gasteiger partial charge in [-0.2, -0.15) is 5.10 Å². The van der Waals surface area contributed by atoms with Crippen LogP contribution in [0.3, 0.4) is 0 Å². The SMILES string of the molecule is Cc1[nH]ncc1CN1CCCCC1CNC(=O)CCN.Cl. The summed E-state index contributed by atoms with van der Waals surface area (Å²) in [6.45, 7) is 5.16. The van der Waals surface area contributed by atoms with E-state index >= 15 is 0 Å². The molecular weight excluding hydrogens is 290 g/mol. The van der Waals surface area contributed by atoms with Gasteiger partial charge < -0.3 is 11.1 Å². The fourth-order valence-electron chi connectivity index (χ4n) is 2.70. The first-order valence-electron chi connectivity index (χ1n) is 7.40. The number of carbonyl (C=O) groups excluding carboxylic acids is 1. The smallest absolute Gasteiger partial charge is 0.221 e. The van der Waals surface area contributed by atoms with Crippen LogP contribution in [0.25, 0.3) is 0 Å². The van der Waals surface area contributed by atoms with Gasteiger partial charge in [-0.3, -0.25) is 14.8 Å². The van der Waals surface area contributed by atoms with E-state index in [1.807, 2.05) is 13.1 Å². The Bertz CT molecular complexity index is 437. The van der Waals surface area contributed by atoms with Gasteiger partial charge in [0.05, 0.1) is 6.20 Å². The number of rotatable bonds is 6. The van der Waals surface area contributed by atoms with E-state index in [1.54, 1.807) is 0 Å². The topological polar surface area (TPSA) is 87.0 Å². The van der Waals surface area contributed by atoms with Crippen molar-refractivity contribution in [2.45, 2.75) is 45.2 Å². The molecule has 2 rings (SSSR count). The Balaban J connectivity index is 0.00000220. The lowest BCUT2D eigenvalue weighted by Crippen LogP contribution is -2.46. The maximum absolute atomic E-state index is 11.5. The number of amides is 1. The maximum Gasteiger partial charge on any atom is 0.221 e. The summed E-state index contributed by atoms with van der Waals surface area (Å²) >= 11 is 0. The molecule has 1 fully saturated rings. The minimum atomic E-state index is 0. The Kier molecular flexibility index (Phi) is 7.71. The molecule has 1 aromatic rings. The van der Waals surface area contributed by atoms with Crippen LogP contribution in [-0.2, 0) is 11.3 Å². The third-order valence-electron chi connectivity index (χ3n) is 3.96. The summed E-state index contributed by atoms with van der Waals surface area (Å²) in [6.07, 6.45) is 5.91. The first-order valence-corrected chi connectivity index (χ1v) is 7.40. The van der Waals surface area contributed by atoms with E-state index in [4.69, 9.17) is 5.73 Å². The second-order valence-electron chi connectivity index (χ2n) is 5.48. The van der Waals surface area contributed by atoms with E-state index in [9.17, 15) is 4.79 Å². The van der Waals surface area contributed by atoms with Crippen LogP contribution in [0.1, 0.15) is 36.9 Å². The molecule has 2 heterocycles. The molecule has 1 aliphatic rings. The molecule has 0 aliphatic carbocycles. The van der Waals surface area contributed by atoms with Crippen molar-refractivity contribution in [1.29, 1.82) is 0 Å². The number of halogens is 1. The van der Waals surface area contributed by atoms with Crippen LogP contribution >= 0.6 is 12.4 Å². The lowest BCUT2D eigenvalue weighted by molar-refractivity contribution is -0.121. The van der Waals surface area contributed by atoms with Gasteiger partial charge in [0.1, 0.15) is 0 Å². The number of aromatic amines is 1. The number of aryl methyl sites for hydroxylation is 1. The van der Waals surface area contributed by atoms with Gasteiger partial charge in [-0.15, -0.1) is 12.4 Å². The second-order valence-corrected chi connectivity index (χ2v) is 5.48. The number of hydrogen-bond acceptors (Lipinski definition) is 4. The summed E-state index contributed by atoms with van der Waals surface area (Å²) < 4.78 is 0. The van der Waals surface area contributed by atoms with Crippen LogP contribution in [0.15, 0.2) is 6.20 Å². The van der Waals surface area contributed by atoms with Crippen molar-refractivity contribution in [2.75, 3.05) is 19.6 Å². The van der Waals surface area contributed by atoms with Gasteiger partial charge >= 0.3 is 0 Å². The van der Waals surface area contributed by atoms with Crippen LogP contribution in [0.2, 0.25) is 0 Å². The van der Waals surface area contributed by atoms with Crippen molar-refractivity contribution < 1.29 is 4.79 Å². The highest BCUT2D eigenvalue weighted by molar-refractivity contribution is 5.85. The number of piperidine rings is 1. The predicted molar refractivity (Wildman–Crippen MR) is 85.3 cm³/mol. The minimum Gasteiger partial charge on any atom is -0.354 e. The Morgan fingerprint density at radius 2 is 2.38 bits per heavy atom. The average molecular weight is 316 g/mol. The van der Waals surface area contributed by atoms with Crippen molar-refractivity contribution >= 4 is 18.3 Å². The molecule has 0 aromatic carbocycles. The van der Waals surface area contributed by atoms with Crippen LogP contribution in [-0.4, -0.2) is 46.7 Å². The Morgan fingerprint density at radius 1 is 1.57 bits per heavy atom. The monoisotopic (exact) mass is 315 g/mol. The molecule has 1 atom stereocenters. The number of aromatic nitrogens is 2. The zero-order valence-corrected chi connectivity index (χ0v) is 13.4. The second kappa shape index (κ2) is 9.02. The summed E-state index contributed by atoms with van der Waals surface area (Å²) in [7, 11) is 0. The van der Waals surface area contributed by atoms with Gasteiger partial charge in [0, 0.05) is 43.4 Å². The number of nitrogens with zero attached hydrogens (tertiary/aromatic N) is 2. The molecule has 1 aliphatic heterocycles. The fourth-order valence-corrected chi connectivity index (χ4v) is 2.70. The van der Waals surface area contributed by atoms with Gasteiger partial charge in [-0.1, -0.05) is 6.42 Å². The highest BCUT2D eigenvalue weighted by Gasteiger charge is 2.23. The summed E-state index contributed by atoms with van der Waals surface area (Å²) in [5.41, 5.74) is 7.76. The summed E-state index contributed by atoms with van der Waals surface area (Å²) in [5.74, 6) is 0.0533. The van der Waals surface area contributed by atoms with E-state index in [1.165, 1.54) is 18.4 Å².